The van der Waals surface area contributed by atoms with Gasteiger partial charge in [-0.05, 0) is 6.07 Å². The van der Waals surface area contributed by atoms with Crippen molar-refractivity contribution in [1.82, 2.24) is 9.97 Å². The lowest BCUT2D eigenvalue weighted by molar-refractivity contribution is 0.466. The van der Waals surface area contributed by atoms with Crippen LogP contribution in [0.4, 0.5) is 5.69 Å². The van der Waals surface area contributed by atoms with Crippen molar-refractivity contribution in [2.75, 3.05) is 5.32 Å². The van der Waals surface area contributed by atoms with Crippen LogP contribution in [0, 0.1) is 11.3 Å². The Hall–Kier alpha value is -2.35. The van der Waals surface area contributed by atoms with E-state index >= 15 is 0 Å². The first-order valence-corrected chi connectivity index (χ1v) is 5.35. The van der Waals surface area contributed by atoms with Gasteiger partial charge in [0.25, 0.3) is 0 Å². The number of nitrogens with zero attached hydrogens (tertiary/aromatic N) is 3. The fourth-order valence-electron chi connectivity index (χ4n) is 1.40. The summed E-state index contributed by atoms with van der Waals surface area (Å²) in [5.74, 6) is 1.46. The Morgan fingerprint density at radius 2 is 2.35 bits per heavy atom. The Balaban J connectivity index is 2.05. The van der Waals surface area contributed by atoms with E-state index in [2.05, 4.69) is 21.4 Å². The summed E-state index contributed by atoms with van der Waals surface area (Å²) < 4.78 is 5.45. The molecule has 0 unspecified atom stereocenters. The van der Waals surface area contributed by atoms with Crippen molar-refractivity contribution in [3.05, 3.63) is 41.9 Å². The SMILES string of the molecule is CCc1cnc(CNc2cnccc2C#N)o1. The van der Waals surface area contributed by atoms with Crippen LogP contribution >= 0.6 is 0 Å². The molecule has 0 saturated carbocycles. The number of rotatable bonds is 4. The highest BCUT2D eigenvalue weighted by molar-refractivity contribution is 5.55. The lowest BCUT2D eigenvalue weighted by Crippen LogP contribution is -2.01. The number of aromatic nitrogens is 2. The first-order chi connectivity index (χ1) is 8.33. The number of nitrogens with one attached hydrogen (secondary N) is 1. The zero-order chi connectivity index (χ0) is 12.1. The Bertz CT molecular complexity index is 541. The predicted molar refractivity (Wildman–Crippen MR) is 62.2 cm³/mol. The zero-order valence-corrected chi connectivity index (χ0v) is 9.47. The molecule has 17 heavy (non-hydrogen) atoms. The first kappa shape index (κ1) is 11.1. The molecular formula is C12H12N4O. The van der Waals surface area contributed by atoms with Gasteiger partial charge in [0.1, 0.15) is 11.8 Å². The molecule has 2 rings (SSSR count). The Labute approximate surface area is 99.1 Å². The van der Waals surface area contributed by atoms with Gasteiger partial charge in [0.2, 0.25) is 5.89 Å². The fraction of sp³-hybridized carbons (Fsp3) is 0.250. The highest BCUT2D eigenvalue weighted by atomic mass is 16.4. The van der Waals surface area contributed by atoms with E-state index < -0.39 is 0 Å². The van der Waals surface area contributed by atoms with Gasteiger partial charge in [0, 0.05) is 12.6 Å². The molecule has 0 aliphatic rings. The van der Waals surface area contributed by atoms with Gasteiger partial charge in [-0.3, -0.25) is 4.98 Å². The van der Waals surface area contributed by atoms with E-state index in [9.17, 15) is 0 Å². The normalized spacial score (nSPS) is 9.88. The molecule has 86 valence electrons. The average molecular weight is 228 g/mol. The van der Waals surface area contributed by atoms with Crippen LogP contribution in [0.1, 0.15) is 24.1 Å². The zero-order valence-electron chi connectivity index (χ0n) is 9.47. The van der Waals surface area contributed by atoms with Gasteiger partial charge in [0.05, 0.1) is 30.2 Å². The largest absolute Gasteiger partial charge is 0.444 e. The molecule has 0 aromatic carbocycles. The maximum Gasteiger partial charge on any atom is 0.213 e. The van der Waals surface area contributed by atoms with Crippen molar-refractivity contribution >= 4 is 5.69 Å². The van der Waals surface area contributed by atoms with E-state index in [1.54, 1.807) is 24.7 Å². The Morgan fingerprint density at radius 3 is 3.06 bits per heavy atom. The average Bonchev–Trinajstić information content (AvgIpc) is 2.84. The molecule has 5 nitrogen and oxygen atoms in total. The number of anilines is 1. The minimum Gasteiger partial charge on any atom is -0.444 e. The minimum absolute atomic E-state index is 0.445. The minimum atomic E-state index is 0.445. The van der Waals surface area contributed by atoms with Crippen LogP contribution in [0.3, 0.4) is 0 Å². The Morgan fingerprint density at radius 1 is 1.47 bits per heavy atom. The van der Waals surface area contributed by atoms with Crippen LogP contribution in [-0.2, 0) is 13.0 Å². The quantitative estimate of drug-likeness (QED) is 0.867. The van der Waals surface area contributed by atoms with E-state index in [0.29, 0.717) is 23.7 Å². The molecule has 0 aliphatic carbocycles. The smallest absolute Gasteiger partial charge is 0.213 e. The number of nitriles is 1. The molecule has 1 N–H and O–H groups in total. The third kappa shape index (κ3) is 2.61. The van der Waals surface area contributed by atoms with E-state index in [1.807, 2.05) is 6.92 Å². The number of hydrogen-bond donors (Lipinski definition) is 1. The molecule has 0 amide bonds. The topological polar surface area (TPSA) is 74.7 Å². The van der Waals surface area contributed by atoms with Crippen molar-refractivity contribution in [2.24, 2.45) is 0 Å². The summed E-state index contributed by atoms with van der Waals surface area (Å²) in [6.07, 6.45) is 5.74. The van der Waals surface area contributed by atoms with Gasteiger partial charge < -0.3 is 9.73 Å². The summed E-state index contributed by atoms with van der Waals surface area (Å²) in [6, 6.07) is 3.76. The molecule has 2 aromatic rings. The number of oxazole rings is 1. The maximum atomic E-state index is 8.90. The molecule has 0 fully saturated rings. The number of aryl methyl sites for hydroxylation is 1. The van der Waals surface area contributed by atoms with E-state index in [0.717, 1.165) is 12.2 Å². The molecule has 0 aliphatic heterocycles. The molecule has 0 atom stereocenters. The maximum absolute atomic E-state index is 8.90. The van der Waals surface area contributed by atoms with Crippen LogP contribution in [0.5, 0.6) is 0 Å². The second-order valence-electron chi connectivity index (χ2n) is 3.46. The second kappa shape index (κ2) is 5.12. The third-order valence-electron chi connectivity index (χ3n) is 2.32. The molecule has 0 saturated heterocycles. The summed E-state index contributed by atoms with van der Waals surface area (Å²) in [6.45, 7) is 2.45. The highest BCUT2D eigenvalue weighted by Crippen LogP contribution is 2.13. The highest BCUT2D eigenvalue weighted by Gasteiger charge is 2.04. The van der Waals surface area contributed by atoms with Crippen LogP contribution < -0.4 is 5.32 Å². The molecule has 5 heteroatoms. The van der Waals surface area contributed by atoms with Crippen LogP contribution in [-0.4, -0.2) is 9.97 Å². The summed E-state index contributed by atoms with van der Waals surface area (Å²) in [5, 5.41) is 12.0. The number of pyridine rings is 1. The molecule has 2 heterocycles. The third-order valence-corrected chi connectivity index (χ3v) is 2.32. The second-order valence-corrected chi connectivity index (χ2v) is 3.46. The molecule has 0 spiro atoms. The van der Waals surface area contributed by atoms with Crippen LogP contribution in [0.25, 0.3) is 0 Å². The van der Waals surface area contributed by atoms with Gasteiger partial charge in [-0.2, -0.15) is 5.26 Å². The fourth-order valence-corrected chi connectivity index (χ4v) is 1.40. The lowest BCUT2D eigenvalue weighted by Gasteiger charge is -2.04. The number of hydrogen-bond acceptors (Lipinski definition) is 5. The lowest BCUT2D eigenvalue weighted by atomic mass is 10.2. The van der Waals surface area contributed by atoms with Crippen molar-refractivity contribution in [2.45, 2.75) is 19.9 Å². The summed E-state index contributed by atoms with van der Waals surface area (Å²) in [5.41, 5.74) is 1.24. The van der Waals surface area contributed by atoms with Crippen LogP contribution in [0.2, 0.25) is 0 Å². The van der Waals surface area contributed by atoms with E-state index in [1.165, 1.54) is 0 Å². The van der Waals surface area contributed by atoms with Gasteiger partial charge >= 0.3 is 0 Å². The molecule has 2 aromatic heterocycles. The van der Waals surface area contributed by atoms with Crippen molar-refractivity contribution in [3.63, 3.8) is 0 Å². The summed E-state index contributed by atoms with van der Waals surface area (Å²) in [7, 11) is 0. The standard InChI is InChI=1S/C12H12N4O/c1-2-10-6-16-12(17-10)8-15-11-7-14-4-3-9(11)5-13/h3-4,6-7,15H,2,8H2,1H3. The van der Waals surface area contributed by atoms with Crippen molar-refractivity contribution in [3.8, 4) is 6.07 Å². The van der Waals surface area contributed by atoms with Gasteiger partial charge in [-0.25, -0.2) is 4.98 Å². The van der Waals surface area contributed by atoms with Gasteiger partial charge in [-0.1, -0.05) is 6.92 Å². The molecule has 0 bridgehead atoms. The first-order valence-electron chi connectivity index (χ1n) is 5.35. The predicted octanol–water partition coefficient (Wildman–Crippen LogP) is 2.12. The van der Waals surface area contributed by atoms with Crippen LogP contribution in [0.15, 0.2) is 29.1 Å². The van der Waals surface area contributed by atoms with Crippen molar-refractivity contribution < 1.29 is 4.42 Å². The van der Waals surface area contributed by atoms with Gasteiger partial charge in [0.15, 0.2) is 0 Å². The van der Waals surface area contributed by atoms with Gasteiger partial charge in [-0.15, -0.1) is 0 Å². The monoisotopic (exact) mass is 228 g/mol. The van der Waals surface area contributed by atoms with E-state index in [-0.39, 0.29) is 0 Å². The molecular weight excluding hydrogens is 216 g/mol. The van der Waals surface area contributed by atoms with E-state index in [4.69, 9.17) is 9.68 Å². The van der Waals surface area contributed by atoms with Crippen molar-refractivity contribution in [1.29, 1.82) is 5.26 Å². The molecule has 0 radical (unpaired) electrons. The summed E-state index contributed by atoms with van der Waals surface area (Å²) in [4.78, 5) is 8.09. The summed E-state index contributed by atoms with van der Waals surface area (Å²) >= 11 is 0. The Kier molecular flexibility index (Phi) is 3.36.